The Morgan fingerprint density at radius 2 is 1.92 bits per heavy atom. The number of pyridine rings is 2. The summed E-state index contributed by atoms with van der Waals surface area (Å²) in [6.07, 6.45) is 3.41. The summed E-state index contributed by atoms with van der Waals surface area (Å²) in [6, 6.07) is 10.8. The van der Waals surface area contributed by atoms with Crippen LogP contribution in [-0.4, -0.2) is 53.7 Å². The van der Waals surface area contributed by atoms with Crippen LogP contribution >= 0.6 is 0 Å². The van der Waals surface area contributed by atoms with Crippen molar-refractivity contribution in [2.24, 2.45) is 5.92 Å². The summed E-state index contributed by atoms with van der Waals surface area (Å²) in [5.41, 5.74) is 0.930. The van der Waals surface area contributed by atoms with E-state index in [1.54, 1.807) is 38.5 Å². The fraction of sp³-hybridized carbons (Fsp3) is 0.368. The van der Waals surface area contributed by atoms with Gasteiger partial charge in [0.15, 0.2) is 5.78 Å². The molecule has 1 saturated heterocycles. The average Bonchev–Trinajstić information content (AvgIpc) is 2.67. The Bertz CT molecular complexity index is 761. The number of hydrogen-bond acceptors (Lipinski definition) is 5. The molecule has 2 aromatic heterocycles. The lowest BCUT2D eigenvalue weighted by Gasteiger charge is -2.33. The lowest BCUT2D eigenvalue weighted by Crippen LogP contribution is -2.39. The van der Waals surface area contributed by atoms with Crippen molar-refractivity contribution in [2.45, 2.75) is 12.8 Å². The van der Waals surface area contributed by atoms with Gasteiger partial charge in [0.2, 0.25) is 0 Å². The summed E-state index contributed by atoms with van der Waals surface area (Å²) in [7, 11) is 3.41. The SMILES string of the molecule is CN(C)C(=O)c1cccc(N2CCCC(C(=O)c3ccccn3)C2)n1. The maximum absolute atomic E-state index is 12.7. The Labute approximate surface area is 147 Å². The highest BCUT2D eigenvalue weighted by Gasteiger charge is 2.28. The molecule has 3 heterocycles. The summed E-state index contributed by atoms with van der Waals surface area (Å²) in [4.78, 5) is 37.1. The van der Waals surface area contributed by atoms with Crippen LogP contribution in [-0.2, 0) is 0 Å². The number of piperidine rings is 1. The van der Waals surface area contributed by atoms with E-state index in [9.17, 15) is 9.59 Å². The van der Waals surface area contributed by atoms with Gasteiger partial charge in [-0.3, -0.25) is 14.6 Å². The molecule has 0 N–H and O–H groups in total. The Morgan fingerprint density at radius 1 is 1.12 bits per heavy atom. The zero-order valence-electron chi connectivity index (χ0n) is 14.6. The Hall–Kier alpha value is -2.76. The van der Waals surface area contributed by atoms with E-state index in [4.69, 9.17) is 0 Å². The van der Waals surface area contributed by atoms with Gasteiger partial charge in [0.05, 0.1) is 0 Å². The van der Waals surface area contributed by atoms with Gasteiger partial charge in [-0.2, -0.15) is 0 Å². The van der Waals surface area contributed by atoms with Gasteiger partial charge in [-0.15, -0.1) is 0 Å². The molecular formula is C19H22N4O2. The van der Waals surface area contributed by atoms with Crippen LogP contribution in [0.15, 0.2) is 42.6 Å². The van der Waals surface area contributed by atoms with Crippen molar-refractivity contribution < 1.29 is 9.59 Å². The second kappa shape index (κ2) is 7.42. The number of Topliss-reactive ketones (excluding diaryl/α,β-unsaturated/α-hetero) is 1. The fourth-order valence-corrected chi connectivity index (χ4v) is 3.06. The van der Waals surface area contributed by atoms with Gasteiger partial charge in [0.1, 0.15) is 17.2 Å². The zero-order chi connectivity index (χ0) is 17.8. The van der Waals surface area contributed by atoms with Crippen molar-refractivity contribution in [3.63, 3.8) is 0 Å². The number of rotatable bonds is 4. The van der Waals surface area contributed by atoms with Crippen molar-refractivity contribution in [2.75, 3.05) is 32.1 Å². The molecule has 6 heteroatoms. The monoisotopic (exact) mass is 338 g/mol. The van der Waals surface area contributed by atoms with Crippen molar-refractivity contribution in [1.29, 1.82) is 0 Å². The molecule has 1 fully saturated rings. The van der Waals surface area contributed by atoms with E-state index in [1.165, 1.54) is 4.90 Å². The Balaban J connectivity index is 1.77. The summed E-state index contributed by atoms with van der Waals surface area (Å²) in [5.74, 6) is 0.593. The molecule has 1 aliphatic heterocycles. The maximum Gasteiger partial charge on any atom is 0.272 e. The molecular weight excluding hydrogens is 316 g/mol. The number of amides is 1. The predicted molar refractivity (Wildman–Crippen MR) is 95.8 cm³/mol. The second-order valence-corrected chi connectivity index (χ2v) is 6.45. The molecule has 1 aliphatic rings. The van der Waals surface area contributed by atoms with Crippen LogP contribution in [0, 0.1) is 5.92 Å². The number of anilines is 1. The van der Waals surface area contributed by atoms with Gasteiger partial charge < -0.3 is 9.80 Å². The van der Waals surface area contributed by atoms with E-state index in [-0.39, 0.29) is 17.6 Å². The number of carbonyl (C=O) groups excluding carboxylic acids is 2. The molecule has 0 aliphatic carbocycles. The maximum atomic E-state index is 12.7. The van der Waals surface area contributed by atoms with Crippen molar-refractivity contribution in [3.05, 3.63) is 54.0 Å². The van der Waals surface area contributed by atoms with E-state index in [2.05, 4.69) is 14.9 Å². The molecule has 3 rings (SSSR count). The number of carbonyl (C=O) groups is 2. The Morgan fingerprint density at radius 3 is 2.64 bits per heavy atom. The van der Waals surface area contributed by atoms with Crippen LogP contribution in [0.3, 0.4) is 0 Å². The first-order chi connectivity index (χ1) is 12.1. The highest BCUT2D eigenvalue weighted by atomic mass is 16.2. The van der Waals surface area contributed by atoms with E-state index >= 15 is 0 Å². The van der Waals surface area contributed by atoms with Gasteiger partial charge in [0, 0.05) is 39.3 Å². The first-order valence-corrected chi connectivity index (χ1v) is 8.45. The minimum Gasteiger partial charge on any atom is -0.356 e. The predicted octanol–water partition coefficient (Wildman–Crippen LogP) is 2.28. The molecule has 0 spiro atoms. The zero-order valence-corrected chi connectivity index (χ0v) is 14.6. The molecule has 25 heavy (non-hydrogen) atoms. The topological polar surface area (TPSA) is 66.4 Å². The quantitative estimate of drug-likeness (QED) is 0.800. The molecule has 0 radical (unpaired) electrons. The van der Waals surface area contributed by atoms with Gasteiger partial charge in [-0.1, -0.05) is 12.1 Å². The van der Waals surface area contributed by atoms with Crippen LogP contribution in [0.1, 0.15) is 33.8 Å². The smallest absolute Gasteiger partial charge is 0.272 e. The minimum absolute atomic E-state index is 0.0748. The van der Waals surface area contributed by atoms with Crippen molar-refractivity contribution >= 4 is 17.5 Å². The molecule has 1 amide bonds. The molecule has 1 atom stereocenters. The lowest BCUT2D eigenvalue weighted by atomic mass is 9.92. The van der Waals surface area contributed by atoms with Gasteiger partial charge in [-0.25, -0.2) is 4.98 Å². The normalized spacial score (nSPS) is 17.2. The highest BCUT2D eigenvalue weighted by molar-refractivity contribution is 5.96. The lowest BCUT2D eigenvalue weighted by molar-refractivity contribution is 0.0821. The van der Waals surface area contributed by atoms with E-state index in [0.717, 1.165) is 25.2 Å². The van der Waals surface area contributed by atoms with Crippen LogP contribution in [0.2, 0.25) is 0 Å². The first-order valence-electron chi connectivity index (χ1n) is 8.45. The van der Waals surface area contributed by atoms with E-state index < -0.39 is 0 Å². The van der Waals surface area contributed by atoms with Crippen molar-refractivity contribution in [1.82, 2.24) is 14.9 Å². The van der Waals surface area contributed by atoms with Gasteiger partial charge >= 0.3 is 0 Å². The second-order valence-electron chi connectivity index (χ2n) is 6.45. The van der Waals surface area contributed by atoms with E-state index in [0.29, 0.717) is 17.9 Å². The van der Waals surface area contributed by atoms with Crippen LogP contribution in [0.5, 0.6) is 0 Å². The summed E-state index contributed by atoms with van der Waals surface area (Å²) in [6.45, 7) is 1.43. The number of aromatic nitrogens is 2. The molecule has 0 saturated carbocycles. The van der Waals surface area contributed by atoms with Crippen molar-refractivity contribution in [3.8, 4) is 0 Å². The van der Waals surface area contributed by atoms with Gasteiger partial charge in [-0.05, 0) is 37.1 Å². The molecule has 6 nitrogen and oxygen atoms in total. The third-order valence-electron chi connectivity index (χ3n) is 4.39. The van der Waals surface area contributed by atoms with Gasteiger partial charge in [0.25, 0.3) is 5.91 Å². The van der Waals surface area contributed by atoms with Crippen LogP contribution < -0.4 is 4.90 Å². The molecule has 0 bridgehead atoms. The first kappa shape index (κ1) is 17.1. The molecule has 130 valence electrons. The fourth-order valence-electron chi connectivity index (χ4n) is 3.06. The third-order valence-corrected chi connectivity index (χ3v) is 4.39. The average molecular weight is 338 g/mol. The molecule has 1 unspecified atom stereocenters. The molecule has 2 aromatic rings. The minimum atomic E-state index is -0.125. The third kappa shape index (κ3) is 3.84. The Kier molecular flexibility index (Phi) is 5.07. The standard InChI is InChI=1S/C19H22N4O2/c1-22(2)19(25)16-9-5-10-17(21-16)23-12-6-7-14(13-23)18(24)15-8-3-4-11-20-15/h3-5,8-11,14H,6-7,12-13H2,1-2H3. The summed E-state index contributed by atoms with van der Waals surface area (Å²) < 4.78 is 0. The van der Waals surface area contributed by atoms with Crippen LogP contribution in [0.4, 0.5) is 5.82 Å². The molecule has 0 aromatic carbocycles. The largest absolute Gasteiger partial charge is 0.356 e. The summed E-state index contributed by atoms with van der Waals surface area (Å²) >= 11 is 0. The van der Waals surface area contributed by atoms with Crippen LogP contribution in [0.25, 0.3) is 0 Å². The highest BCUT2D eigenvalue weighted by Crippen LogP contribution is 2.24. The number of ketones is 1. The number of hydrogen-bond donors (Lipinski definition) is 0. The summed E-state index contributed by atoms with van der Waals surface area (Å²) in [5, 5.41) is 0. The number of nitrogens with zero attached hydrogens (tertiary/aromatic N) is 4. The van der Waals surface area contributed by atoms with E-state index in [1.807, 2.05) is 18.2 Å².